The quantitative estimate of drug-likeness (QED) is 0.796. The second kappa shape index (κ2) is 5.57. The van der Waals surface area contributed by atoms with Crippen LogP contribution in [0.1, 0.15) is 32.6 Å². The van der Waals surface area contributed by atoms with Crippen LogP contribution in [0.2, 0.25) is 0 Å². The molecule has 1 aliphatic heterocycles. The van der Waals surface area contributed by atoms with E-state index in [0.717, 1.165) is 38.8 Å². The fraction of sp³-hybridized carbons (Fsp3) is 0.929. The van der Waals surface area contributed by atoms with Gasteiger partial charge in [-0.1, -0.05) is 6.92 Å². The number of nitrogens with two attached hydrogens (primary N) is 1. The zero-order valence-corrected chi connectivity index (χ0v) is 11.9. The monoisotopic (exact) mass is 253 g/mol. The van der Waals surface area contributed by atoms with Gasteiger partial charge in [-0.05, 0) is 45.7 Å². The lowest BCUT2D eigenvalue weighted by molar-refractivity contribution is -0.137. The largest absolute Gasteiger partial charge is 0.341 e. The van der Waals surface area contributed by atoms with E-state index in [2.05, 4.69) is 30.8 Å². The second-order valence-corrected chi connectivity index (χ2v) is 6.35. The normalized spacial score (nSPS) is 37.3. The van der Waals surface area contributed by atoms with Gasteiger partial charge in [0.15, 0.2) is 0 Å². The van der Waals surface area contributed by atoms with Crippen LogP contribution in [0.5, 0.6) is 0 Å². The van der Waals surface area contributed by atoms with E-state index in [1.807, 2.05) is 0 Å². The van der Waals surface area contributed by atoms with Gasteiger partial charge in [-0.3, -0.25) is 4.79 Å². The Morgan fingerprint density at radius 2 is 2.00 bits per heavy atom. The number of hydrogen-bond acceptors (Lipinski definition) is 3. The van der Waals surface area contributed by atoms with Crippen LogP contribution in [0.3, 0.4) is 0 Å². The predicted molar refractivity (Wildman–Crippen MR) is 73.2 cm³/mol. The molecule has 4 heteroatoms. The molecule has 1 aliphatic carbocycles. The van der Waals surface area contributed by atoms with E-state index in [1.54, 1.807) is 0 Å². The maximum atomic E-state index is 12.6. The first-order valence-corrected chi connectivity index (χ1v) is 7.19. The van der Waals surface area contributed by atoms with Gasteiger partial charge in [-0.15, -0.1) is 0 Å². The Morgan fingerprint density at radius 1 is 1.28 bits per heavy atom. The van der Waals surface area contributed by atoms with Crippen LogP contribution in [0.4, 0.5) is 0 Å². The Morgan fingerprint density at radius 3 is 2.61 bits per heavy atom. The van der Waals surface area contributed by atoms with Gasteiger partial charge >= 0.3 is 0 Å². The number of carbonyl (C=O) groups excluding carboxylic acids is 1. The minimum atomic E-state index is 0.162. The zero-order valence-electron chi connectivity index (χ0n) is 11.9. The summed E-state index contributed by atoms with van der Waals surface area (Å²) in [4.78, 5) is 16.9. The molecular weight excluding hydrogens is 226 g/mol. The van der Waals surface area contributed by atoms with Crippen molar-refractivity contribution in [2.45, 2.75) is 44.7 Å². The highest BCUT2D eigenvalue weighted by Crippen LogP contribution is 2.31. The summed E-state index contributed by atoms with van der Waals surface area (Å²) in [5.74, 6) is 1.01. The van der Waals surface area contributed by atoms with E-state index in [1.165, 1.54) is 0 Å². The number of likely N-dealkylation sites (N-methyl/N-ethyl adjacent to an activating group) is 1. The Kier molecular flexibility index (Phi) is 4.28. The summed E-state index contributed by atoms with van der Waals surface area (Å²) >= 11 is 0. The molecule has 0 bridgehead atoms. The molecule has 0 spiro atoms. The molecule has 2 rings (SSSR count). The highest BCUT2D eigenvalue weighted by molar-refractivity contribution is 5.79. The molecule has 18 heavy (non-hydrogen) atoms. The van der Waals surface area contributed by atoms with Crippen molar-refractivity contribution in [3.8, 4) is 0 Å². The smallest absolute Gasteiger partial charge is 0.226 e. The average Bonchev–Trinajstić information content (AvgIpc) is 2.81. The van der Waals surface area contributed by atoms with Gasteiger partial charge < -0.3 is 15.5 Å². The fourth-order valence-electron chi connectivity index (χ4n) is 3.30. The van der Waals surface area contributed by atoms with Gasteiger partial charge in [-0.25, -0.2) is 0 Å². The maximum Gasteiger partial charge on any atom is 0.226 e. The van der Waals surface area contributed by atoms with E-state index in [9.17, 15) is 4.79 Å². The van der Waals surface area contributed by atoms with Crippen molar-refractivity contribution in [1.82, 2.24) is 9.80 Å². The molecule has 1 saturated carbocycles. The fourth-order valence-corrected chi connectivity index (χ4v) is 3.30. The maximum absolute atomic E-state index is 12.6. The first-order chi connectivity index (χ1) is 8.49. The summed E-state index contributed by atoms with van der Waals surface area (Å²) in [6, 6.07) is 0.754. The van der Waals surface area contributed by atoms with Crippen LogP contribution >= 0.6 is 0 Å². The third kappa shape index (κ3) is 2.86. The van der Waals surface area contributed by atoms with Crippen molar-refractivity contribution in [2.24, 2.45) is 17.6 Å². The van der Waals surface area contributed by atoms with E-state index in [-0.39, 0.29) is 12.0 Å². The third-order valence-electron chi connectivity index (χ3n) is 4.76. The van der Waals surface area contributed by atoms with Gasteiger partial charge in [0.1, 0.15) is 0 Å². The lowest BCUT2D eigenvalue weighted by Gasteiger charge is -2.34. The zero-order chi connectivity index (χ0) is 13.3. The van der Waals surface area contributed by atoms with Crippen molar-refractivity contribution in [3.05, 3.63) is 0 Å². The summed E-state index contributed by atoms with van der Waals surface area (Å²) < 4.78 is 0. The van der Waals surface area contributed by atoms with Crippen molar-refractivity contribution in [2.75, 3.05) is 27.2 Å². The van der Waals surface area contributed by atoms with E-state index in [0.29, 0.717) is 17.9 Å². The molecule has 1 heterocycles. The lowest BCUT2D eigenvalue weighted by Crippen LogP contribution is -2.44. The molecule has 104 valence electrons. The molecular formula is C14H27N3O. The molecule has 4 atom stereocenters. The topological polar surface area (TPSA) is 49.6 Å². The Balaban J connectivity index is 1.95. The van der Waals surface area contributed by atoms with Gasteiger partial charge in [0.05, 0.1) is 0 Å². The molecule has 0 radical (unpaired) electrons. The van der Waals surface area contributed by atoms with Crippen LogP contribution in [-0.2, 0) is 4.79 Å². The van der Waals surface area contributed by atoms with Crippen molar-refractivity contribution < 1.29 is 4.79 Å². The molecule has 1 amide bonds. The first kappa shape index (κ1) is 13.8. The van der Waals surface area contributed by atoms with Gasteiger partial charge in [-0.2, -0.15) is 0 Å². The van der Waals surface area contributed by atoms with Gasteiger partial charge in [0.2, 0.25) is 5.91 Å². The number of nitrogens with zero attached hydrogens (tertiary/aromatic N) is 2. The first-order valence-electron chi connectivity index (χ1n) is 7.19. The van der Waals surface area contributed by atoms with E-state index < -0.39 is 0 Å². The summed E-state index contributed by atoms with van der Waals surface area (Å²) in [6.07, 6.45) is 4.16. The second-order valence-electron chi connectivity index (χ2n) is 6.35. The molecule has 1 saturated heterocycles. The number of hydrogen-bond donors (Lipinski definition) is 1. The lowest BCUT2D eigenvalue weighted by atomic mass is 9.77. The Bertz CT molecular complexity index is 305. The highest BCUT2D eigenvalue weighted by atomic mass is 16.2. The number of likely N-dealkylation sites (tertiary alicyclic amines) is 1. The molecule has 0 aromatic heterocycles. The van der Waals surface area contributed by atoms with Crippen LogP contribution in [0.15, 0.2) is 0 Å². The van der Waals surface area contributed by atoms with Crippen LogP contribution in [-0.4, -0.2) is 55.0 Å². The summed E-state index contributed by atoms with van der Waals surface area (Å²) in [7, 11) is 4.19. The van der Waals surface area contributed by atoms with E-state index >= 15 is 0 Å². The van der Waals surface area contributed by atoms with Crippen LogP contribution < -0.4 is 5.73 Å². The number of rotatable bonds is 2. The number of carbonyl (C=O) groups is 1. The molecule has 0 aromatic carbocycles. The Hall–Kier alpha value is -0.610. The Labute approximate surface area is 110 Å². The predicted octanol–water partition coefficient (Wildman–Crippen LogP) is 0.912. The average molecular weight is 253 g/mol. The van der Waals surface area contributed by atoms with Crippen molar-refractivity contribution >= 4 is 5.91 Å². The minimum Gasteiger partial charge on any atom is -0.341 e. The standard InChI is InChI=1S/C14H27N3O/c1-10-4-5-11(15)8-13(10)14(18)17-7-6-12(9-17)16(2)3/h10-13H,4-9,15H2,1-3H3. The number of amides is 1. The van der Waals surface area contributed by atoms with E-state index in [4.69, 9.17) is 5.73 Å². The third-order valence-corrected chi connectivity index (χ3v) is 4.76. The highest BCUT2D eigenvalue weighted by Gasteiger charge is 2.36. The van der Waals surface area contributed by atoms with Crippen LogP contribution in [0.25, 0.3) is 0 Å². The van der Waals surface area contributed by atoms with Crippen molar-refractivity contribution in [1.29, 1.82) is 0 Å². The SMILES string of the molecule is CC1CCC(N)CC1C(=O)N1CCC(N(C)C)C1. The van der Waals surface area contributed by atoms with Gasteiger partial charge in [0.25, 0.3) is 0 Å². The molecule has 2 fully saturated rings. The molecule has 4 unspecified atom stereocenters. The molecule has 0 aromatic rings. The van der Waals surface area contributed by atoms with Crippen LogP contribution in [0, 0.1) is 11.8 Å². The summed E-state index contributed by atoms with van der Waals surface area (Å²) in [6.45, 7) is 4.01. The molecule has 2 N–H and O–H groups in total. The summed E-state index contributed by atoms with van der Waals surface area (Å²) in [5, 5.41) is 0. The molecule has 2 aliphatic rings. The van der Waals surface area contributed by atoms with Gasteiger partial charge in [0, 0.05) is 31.1 Å². The molecule has 4 nitrogen and oxygen atoms in total. The minimum absolute atomic E-state index is 0.162. The summed E-state index contributed by atoms with van der Waals surface area (Å²) in [5.41, 5.74) is 6.02. The van der Waals surface area contributed by atoms with Crippen molar-refractivity contribution in [3.63, 3.8) is 0 Å².